The summed E-state index contributed by atoms with van der Waals surface area (Å²) >= 11 is 0. The fraction of sp³-hybridized carbons (Fsp3) is 0.448. The predicted molar refractivity (Wildman–Crippen MR) is 136 cm³/mol. The van der Waals surface area contributed by atoms with Crippen LogP contribution in [-0.2, 0) is 0 Å². The van der Waals surface area contributed by atoms with Crippen LogP contribution in [0.25, 0.3) is 0 Å². The summed E-state index contributed by atoms with van der Waals surface area (Å²) in [6.45, 7) is 22.9. The van der Waals surface area contributed by atoms with Gasteiger partial charge >= 0.3 is 0 Å². The topological polar surface area (TPSA) is 3.24 Å². The second kappa shape index (κ2) is 14.7. The smallest absolute Gasteiger partial charge is 0.0543 e. The third kappa shape index (κ3) is 7.20. The Morgan fingerprint density at radius 3 is 2.33 bits per heavy atom. The Morgan fingerprint density at radius 1 is 1.03 bits per heavy atom. The summed E-state index contributed by atoms with van der Waals surface area (Å²) in [6, 6.07) is 0.595. The maximum Gasteiger partial charge on any atom is 0.0543 e. The molecule has 1 aliphatic heterocycles. The number of allylic oxidation sites excluding steroid dienone is 7. The summed E-state index contributed by atoms with van der Waals surface area (Å²) in [6.07, 6.45) is 26.9. The molecular weight excluding hydrogens is 362 g/mol. The van der Waals surface area contributed by atoms with E-state index in [0.29, 0.717) is 12.0 Å². The van der Waals surface area contributed by atoms with Crippen LogP contribution in [0.2, 0.25) is 0 Å². The Kier molecular flexibility index (Phi) is 12.6. The Labute approximate surface area is 186 Å². The molecule has 0 N–H and O–H groups in total. The third-order valence-corrected chi connectivity index (χ3v) is 5.78. The van der Waals surface area contributed by atoms with E-state index in [-0.39, 0.29) is 6.04 Å². The first-order chi connectivity index (χ1) is 14.6. The number of hydrogen-bond acceptors (Lipinski definition) is 1. The van der Waals surface area contributed by atoms with Gasteiger partial charge in [0, 0.05) is 11.6 Å². The van der Waals surface area contributed by atoms with Gasteiger partial charge in [-0.1, -0.05) is 94.0 Å². The predicted octanol–water partition coefficient (Wildman–Crippen LogP) is 8.48. The maximum absolute atomic E-state index is 4.19. The van der Waals surface area contributed by atoms with Crippen LogP contribution in [0.15, 0.2) is 97.8 Å². The molecule has 0 aliphatic carbocycles. The van der Waals surface area contributed by atoms with E-state index in [9.17, 15) is 0 Å². The molecule has 0 saturated carbocycles. The molecule has 3 unspecified atom stereocenters. The number of nitrogens with zero attached hydrogens (tertiary/aromatic N) is 1. The van der Waals surface area contributed by atoms with Crippen molar-refractivity contribution in [3.05, 3.63) is 97.8 Å². The minimum Gasteiger partial charge on any atom is -0.358 e. The van der Waals surface area contributed by atoms with Crippen molar-refractivity contribution in [1.82, 2.24) is 4.90 Å². The van der Waals surface area contributed by atoms with E-state index in [1.54, 1.807) is 5.57 Å². The zero-order valence-corrected chi connectivity index (χ0v) is 19.7. The molecule has 0 saturated heterocycles. The maximum atomic E-state index is 4.19. The van der Waals surface area contributed by atoms with Gasteiger partial charge in [0.2, 0.25) is 0 Å². The Hall–Kier alpha value is -2.28. The molecule has 0 spiro atoms. The quantitative estimate of drug-likeness (QED) is 0.150. The zero-order chi connectivity index (χ0) is 22.4. The minimum atomic E-state index is 0.263. The van der Waals surface area contributed by atoms with Crippen LogP contribution in [0.1, 0.15) is 65.7 Å². The van der Waals surface area contributed by atoms with Gasteiger partial charge in [-0.15, -0.1) is 13.2 Å². The number of unbranched alkanes of at least 4 members (excludes halogenated alkanes) is 1. The SMILES string of the molecule is C=C/C=C(C)\C=C/CC/C=C\CC(C=C)N1C(C=C)=C(CCC)C(CCC)C1C=C. The van der Waals surface area contributed by atoms with E-state index >= 15 is 0 Å². The lowest BCUT2D eigenvalue weighted by atomic mass is 9.87. The standard InChI is InChI=1S/C29H43N/c1-8-19-24(7)22-17-15-14-16-18-23-25(11-4)30-28(12-5)26(20-9-2)27(21-10-3)29(30)13-6/h8,11-13,16-19,22,25-26,28H,1,4-6,9-10,14-15,20-21,23H2,2-3,7H3/b18-16-,22-17-,24-19-. The van der Waals surface area contributed by atoms with Gasteiger partial charge < -0.3 is 4.90 Å². The highest BCUT2D eigenvalue weighted by atomic mass is 15.2. The van der Waals surface area contributed by atoms with Crippen molar-refractivity contribution in [2.24, 2.45) is 5.92 Å². The highest BCUT2D eigenvalue weighted by Crippen LogP contribution is 2.42. The van der Waals surface area contributed by atoms with E-state index in [0.717, 1.165) is 32.1 Å². The van der Waals surface area contributed by atoms with Crippen molar-refractivity contribution in [2.75, 3.05) is 0 Å². The van der Waals surface area contributed by atoms with Gasteiger partial charge in [0.05, 0.1) is 12.1 Å². The van der Waals surface area contributed by atoms with Crippen molar-refractivity contribution in [2.45, 2.75) is 77.8 Å². The van der Waals surface area contributed by atoms with Crippen molar-refractivity contribution >= 4 is 0 Å². The molecule has 1 aliphatic rings. The zero-order valence-electron chi connectivity index (χ0n) is 19.7. The molecule has 1 nitrogen and oxygen atoms in total. The number of hydrogen-bond donors (Lipinski definition) is 0. The van der Waals surface area contributed by atoms with Crippen LogP contribution in [0, 0.1) is 5.92 Å². The summed E-state index contributed by atoms with van der Waals surface area (Å²) in [5, 5.41) is 0. The van der Waals surface area contributed by atoms with Crippen molar-refractivity contribution in [3.8, 4) is 0 Å². The van der Waals surface area contributed by atoms with Crippen molar-refractivity contribution < 1.29 is 0 Å². The van der Waals surface area contributed by atoms with E-state index in [1.165, 1.54) is 24.1 Å². The van der Waals surface area contributed by atoms with Gasteiger partial charge in [-0.25, -0.2) is 0 Å². The van der Waals surface area contributed by atoms with Gasteiger partial charge in [0.15, 0.2) is 0 Å². The molecule has 1 rings (SSSR count). The van der Waals surface area contributed by atoms with Crippen LogP contribution in [0.4, 0.5) is 0 Å². The lowest BCUT2D eigenvalue weighted by Gasteiger charge is -2.35. The molecule has 3 atom stereocenters. The largest absolute Gasteiger partial charge is 0.358 e. The molecule has 0 amide bonds. The lowest BCUT2D eigenvalue weighted by Crippen LogP contribution is -2.39. The Morgan fingerprint density at radius 2 is 1.77 bits per heavy atom. The molecule has 0 bridgehead atoms. The Bertz CT molecular complexity index is 685. The molecule has 0 radical (unpaired) electrons. The normalized spacial score (nSPS) is 20.9. The fourth-order valence-corrected chi connectivity index (χ4v) is 4.45. The van der Waals surface area contributed by atoms with Gasteiger partial charge in [-0.2, -0.15) is 0 Å². The summed E-state index contributed by atoms with van der Waals surface area (Å²) in [7, 11) is 0. The van der Waals surface area contributed by atoms with Crippen molar-refractivity contribution in [1.29, 1.82) is 0 Å². The van der Waals surface area contributed by atoms with E-state index in [1.807, 2.05) is 12.2 Å². The summed E-state index contributed by atoms with van der Waals surface area (Å²) in [4.78, 5) is 2.52. The lowest BCUT2D eigenvalue weighted by molar-refractivity contribution is 0.239. The van der Waals surface area contributed by atoms with Gasteiger partial charge in [-0.3, -0.25) is 0 Å². The molecule has 0 aromatic carbocycles. The van der Waals surface area contributed by atoms with Gasteiger partial charge in [0.25, 0.3) is 0 Å². The summed E-state index contributed by atoms with van der Waals surface area (Å²) in [5.74, 6) is 0.545. The molecule has 164 valence electrons. The number of rotatable bonds is 15. The third-order valence-electron chi connectivity index (χ3n) is 5.78. The fourth-order valence-electron chi connectivity index (χ4n) is 4.45. The van der Waals surface area contributed by atoms with Crippen molar-refractivity contribution in [3.63, 3.8) is 0 Å². The second-order valence-electron chi connectivity index (χ2n) is 8.03. The van der Waals surface area contributed by atoms with Crippen LogP contribution >= 0.6 is 0 Å². The first kappa shape index (κ1) is 25.8. The summed E-state index contributed by atoms with van der Waals surface area (Å²) in [5.41, 5.74) is 4.10. The van der Waals surface area contributed by atoms with E-state index in [4.69, 9.17) is 0 Å². The van der Waals surface area contributed by atoms with Crippen LogP contribution in [0.3, 0.4) is 0 Å². The average Bonchev–Trinajstić information content (AvgIpc) is 3.03. The van der Waals surface area contributed by atoms with Gasteiger partial charge in [0.1, 0.15) is 0 Å². The molecular formula is C29H43N. The molecule has 1 heteroatoms. The highest BCUT2D eigenvalue weighted by Gasteiger charge is 2.38. The average molecular weight is 406 g/mol. The van der Waals surface area contributed by atoms with E-state index in [2.05, 4.69) is 94.5 Å². The summed E-state index contributed by atoms with van der Waals surface area (Å²) < 4.78 is 0. The van der Waals surface area contributed by atoms with Crippen LogP contribution in [0.5, 0.6) is 0 Å². The van der Waals surface area contributed by atoms with Gasteiger partial charge in [-0.05, 0) is 50.7 Å². The van der Waals surface area contributed by atoms with E-state index < -0.39 is 0 Å². The molecule has 0 fully saturated rings. The van der Waals surface area contributed by atoms with Crippen LogP contribution < -0.4 is 0 Å². The van der Waals surface area contributed by atoms with Crippen LogP contribution in [-0.4, -0.2) is 17.0 Å². The molecule has 1 heterocycles. The first-order valence-electron chi connectivity index (χ1n) is 11.6. The molecule has 0 aromatic heterocycles. The monoisotopic (exact) mass is 405 g/mol. The molecule has 30 heavy (non-hydrogen) atoms. The second-order valence-corrected chi connectivity index (χ2v) is 8.03. The molecule has 0 aromatic rings. The first-order valence-corrected chi connectivity index (χ1v) is 11.6. The minimum absolute atomic E-state index is 0.263. The highest BCUT2D eigenvalue weighted by molar-refractivity contribution is 5.36. The Balaban J connectivity index is 2.87.